The predicted molar refractivity (Wildman–Crippen MR) is 101 cm³/mol. The van der Waals surface area contributed by atoms with Gasteiger partial charge in [-0.3, -0.25) is 4.79 Å². The molecule has 12 heteroatoms. The highest BCUT2D eigenvalue weighted by Crippen LogP contribution is 2.33. The highest BCUT2D eigenvalue weighted by molar-refractivity contribution is 5.85. The van der Waals surface area contributed by atoms with Gasteiger partial charge in [0, 0.05) is 0 Å². The first-order chi connectivity index (χ1) is 13.3. The molecule has 3 N–H and O–H groups in total. The minimum absolute atomic E-state index is 0. The summed E-state index contributed by atoms with van der Waals surface area (Å²) in [5.41, 5.74) is 6.23. The monoisotopic (exact) mass is 428 g/mol. The van der Waals surface area contributed by atoms with Crippen LogP contribution in [0.5, 0.6) is 0 Å². The van der Waals surface area contributed by atoms with E-state index in [2.05, 4.69) is 20.7 Å². The zero-order valence-corrected chi connectivity index (χ0v) is 16.9. The number of halogens is 2. The number of nitrogens with zero attached hydrogens (tertiary/aromatic N) is 4. The van der Waals surface area contributed by atoms with E-state index in [9.17, 15) is 14.0 Å². The molecule has 29 heavy (non-hydrogen) atoms. The maximum atomic E-state index is 14.6. The maximum Gasteiger partial charge on any atom is 0.408 e. The molecule has 1 aromatic carbocycles. The van der Waals surface area contributed by atoms with Crippen LogP contribution >= 0.6 is 12.4 Å². The van der Waals surface area contributed by atoms with E-state index in [1.807, 2.05) is 0 Å². The van der Waals surface area contributed by atoms with E-state index in [0.717, 1.165) is 0 Å². The molecule has 1 fully saturated rings. The van der Waals surface area contributed by atoms with Gasteiger partial charge in [-0.15, -0.1) is 22.6 Å². The number of cyclic esters (lactones) is 1. The predicted octanol–water partition coefficient (Wildman–Crippen LogP) is 1.11. The first kappa shape index (κ1) is 22.5. The van der Waals surface area contributed by atoms with Crippen molar-refractivity contribution < 1.29 is 23.5 Å². The number of ether oxygens (including phenoxy) is 2. The highest BCUT2D eigenvalue weighted by Gasteiger charge is 2.39. The molecule has 0 saturated carbocycles. The molecule has 1 aliphatic heterocycles. The molecular weight excluding hydrogens is 407 g/mol. The molecule has 10 nitrogen and oxygen atoms in total. The molecule has 1 amide bonds. The lowest BCUT2D eigenvalue weighted by atomic mass is 9.96. The topological polar surface area (TPSA) is 134 Å². The number of alkyl carbamates (subject to hydrolysis) is 1. The van der Waals surface area contributed by atoms with Gasteiger partial charge in [-0.2, -0.15) is 4.80 Å². The molecule has 3 rings (SSSR count). The minimum atomic E-state index is -0.868. The van der Waals surface area contributed by atoms with E-state index in [1.54, 1.807) is 27.0 Å². The summed E-state index contributed by atoms with van der Waals surface area (Å²) in [6.07, 6.45) is -1.57. The van der Waals surface area contributed by atoms with Gasteiger partial charge in [-0.25, -0.2) is 9.18 Å². The second kappa shape index (κ2) is 9.14. The van der Waals surface area contributed by atoms with Gasteiger partial charge in [0.25, 0.3) is 0 Å². The Labute approximate surface area is 172 Å². The number of esters is 1. The first-order valence-electron chi connectivity index (χ1n) is 8.70. The fourth-order valence-electron chi connectivity index (χ4n) is 2.82. The average molecular weight is 429 g/mol. The Bertz CT molecular complexity index is 893. The number of aromatic nitrogens is 4. The lowest BCUT2D eigenvalue weighted by Gasteiger charge is -2.21. The van der Waals surface area contributed by atoms with Crippen LogP contribution in [0.1, 0.15) is 25.5 Å². The van der Waals surface area contributed by atoms with Crippen molar-refractivity contribution >= 4 is 24.5 Å². The van der Waals surface area contributed by atoms with Crippen LogP contribution in [0.2, 0.25) is 0 Å². The third-order valence-electron chi connectivity index (χ3n) is 4.40. The Kier molecular flexibility index (Phi) is 7.09. The van der Waals surface area contributed by atoms with Gasteiger partial charge in [0.2, 0.25) is 5.82 Å². The average Bonchev–Trinajstić information content (AvgIpc) is 3.23. The second-order valence-electron chi connectivity index (χ2n) is 6.77. The third kappa shape index (κ3) is 4.80. The van der Waals surface area contributed by atoms with Gasteiger partial charge in [0.1, 0.15) is 18.5 Å². The maximum absolute atomic E-state index is 14.6. The molecular formula is C17H22ClFN6O4. The number of nitrogens with one attached hydrogen (secondary N) is 1. The van der Waals surface area contributed by atoms with Crippen LogP contribution in [-0.4, -0.2) is 51.0 Å². The second-order valence-corrected chi connectivity index (χ2v) is 6.77. The number of carbonyl (C=O) groups is 2. The van der Waals surface area contributed by atoms with Crippen LogP contribution in [0, 0.1) is 11.7 Å². The lowest BCUT2D eigenvalue weighted by molar-refractivity contribution is -0.149. The molecule has 2 unspecified atom stereocenters. The van der Waals surface area contributed by atoms with Crippen LogP contribution in [0.15, 0.2) is 18.2 Å². The van der Waals surface area contributed by atoms with E-state index < -0.39 is 36.1 Å². The SMILES string of the molecule is CC(C)[C@H](N)C(=O)OCC1OC(=O)NC1c1cccc(F)c1-c1nnn(C)n1.Cl. The summed E-state index contributed by atoms with van der Waals surface area (Å²) in [4.78, 5) is 25.0. The number of hydrogen-bond acceptors (Lipinski definition) is 8. The Morgan fingerprint density at radius 2 is 2.17 bits per heavy atom. The number of carbonyl (C=O) groups excluding carboxylic acids is 2. The number of tetrazole rings is 1. The molecule has 1 aliphatic rings. The number of hydrogen-bond donors (Lipinski definition) is 2. The summed E-state index contributed by atoms with van der Waals surface area (Å²) in [5, 5.41) is 14.2. The summed E-state index contributed by atoms with van der Waals surface area (Å²) >= 11 is 0. The van der Waals surface area contributed by atoms with Crippen molar-refractivity contribution in [1.82, 2.24) is 25.5 Å². The summed E-state index contributed by atoms with van der Waals surface area (Å²) in [6, 6.07) is 2.79. The number of benzene rings is 1. The largest absolute Gasteiger partial charge is 0.460 e. The molecule has 158 valence electrons. The van der Waals surface area contributed by atoms with Crippen LogP contribution < -0.4 is 11.1 Å². The van der Waals surface area contributed by atoms with Gasteiger partial charge in [-0.1, -0.05) is 26.0 Å². The van der Waals surface area contributed by atoms with E-state index in [1.165, 1.54) is 16.9 Å². The standard InChI is InChI=1S/C17H21FN6O4.ClH/c1-8(2)13(19)16(25)27-7-11-14(20-17(26)28-11)9-5-4-6-10(18)12(9)15-21-23-24(3)22-15;/h4-6,8,11,13-14H,7,19H2,1-3H3,(H,20,26);1H/t11?,13-,14?;/m0./s1. The number of aryl methyl sites for hydroxylation is 1. The smallest absolute Gasteiger partial charge is 0.408 e. The molecule has 0 radical (unpaired) electrons. The molecule has 2 aromatic rings. The Hall–Kier alpha value is -2.79. The molecule has 0 aliphatic carbocycles. The molecule has 0 bridgehead atoms. The third-order valence-corrected chi connectivity index (χ3v) is 4.40. The fraction of sp³-hybridized carbons (Fsp3) is 0.471. The molecule has 3 atom stereocenters. The van der Waals surface area contributed by atoms with Crippen molar-refractivity contribution in [3.63, 3.8) is 0 Å². The number of rotatable bonds is 6. The Morgan fingerprint density at radius 3 is 2.79 bits per heavy atom. The zero-order valence-electron chi connectivity index (χ0n) is 16.0. The van der Waals surface area contributed by atoms with Gasteiger partial charge in [0.05, 0.1) is 18.7 Å². The normalized spacial score (nSPS) is 19.3. The van der Waals surface area contributed by atoms with E-state index in [-0.39, 0.29) is 36.3 Å². The highest BCUT2D eigenvalue weighted by atomic mass is 35.5. The summed E-state index contributed by atoms with van der Waals surface area (Å²) in [5.74, 6) is -1.23. The quantitative estimate of drug-likeness (QED) is 0.653. The van der Waals surface area contributed by atoms with Gasteiger partial charge in [-0.05, 0) is 22.8 Å². The van der Waals surface area contributed by atoms with Crippen LogP contribution in [-0.2, 0) is 21.3 Å². The summed E-state index contributed by atoms with van der Waals surface area (Å²) in [7, 11) is 1.55. The molecule has 1 saturated heterocycles. The minimum Gasteiger partial charge on any atom is -0.460 e. The van der Waals surface area contributed by atoms with Crippen molar-refractivity contribution in [2.24, 2.45) is 18.7 Å². The first-order valence-corrected chi connectivity index (χ1v) is 8.70. The molecule has 1 aromatic heterocycles. The summed E-state index contributed by atoms with van der Waals surface area (Å²) < 4.78 is 25.0. The van der Waals surface area contributed by atoms with Crippen molar-refractivity contribution in [1.29, 1.82) is 0 Å². The van der Waals surface area contributed by atoms with Crippen LogP contribution in [0.4, 0.5) is 9.18 Å². The molecule has 0 spiro atoms. The van der Waals surface area contributed by atoms with E-state index in [0.29, 0.717) is 5.56 Å². The Balaban J connectivity index is 0.00000300. The number of nitrogens with two attached hydrogens (primary N) is 1. The summed E-state index contributed by atoms with van der Waals surface area (Å²) in [6.45, 7) is 3.35. The van der Waals surface area contributed by atoms with Crippen LogP contribution in [0.3, 0.4) is 0 Å². The zero-order chi connectivity index (χ0) is 20.4. The van der Waals surface area contributed by atoms with Crippen molar-refractivity contribution in [2.45, 2.75) is 32.0 Å². The van der Waals surface area contributed by atoms with Gasteiger partial charge < -0.3 is 20.5 Å². The number of amides is 1. The fourth-order valence-corrected chi connectivity index (χ4v) is 2.82. The Morgan fingerprint density at radius 1 is 1.45 bits per heavy atom. The van der Waals surface area contributed by atoms with E-state index >= 15 is 0 Å². The van der Waals surface area contributed by atoms with Gasteiger partial charge >= 0.3 is 12.1 Å². The van der Waals surface area contributed by atoms with Crippen molar-refractivity contribution in [2.75, 3.05) is 6.61 Å². The van der Waals surface area contributed by atoms with Crippen molar-refractivity contribution in [3.8, 4) is 11.4 Å². The lowest BCUT2D eigenvalue weighted by Crippen LogP contribution is -2.39. The van der Waals surface area contributed by atoms with Gasteiger partial charge in [0.15, 0.2) is 6.10 Å². The van der Waals surface area contributed by atoms with Crippen LogP contribution in [0.25, 0.3) is 11.4 Å². The van der Waals surface area contributed by atoms with E-state index in [4.69, 9.17) is 15.2 Å². The molecule has 2 heterocycles. The van der Waals surface area contributed by atoms with Crippen molar-refractivity contribution in [3.05, 3.63) is 29.6 Å².